The number of amides is 1. The van der Waals surface area contributed by atoms with Crippen LogP contribution in [0, 0.1) is 0 Å². The van der Waals surface area contributed by atoms with Crippen LogP contribution in [0.1, 0.15) is 27.2 Å². The van der Waals surface area contributed by atoms with Gasteiger partial charge in [0.15, 0.2) is 0 Å². The van der Waals surface area contributed by atoms with Crippen LogP contribution in [0.4, 0.5) is 0 Å². The van der Waals surface area contributed by atoms with Crippen molar-refractivity contribution in [3.63, 3.8) is 0 Å². The molecule has 82 valence electrons. The molecule has 0 heterocycles. The molecule has 0 saturated carbocycles. The largest absolute Gasteiger partial charge is 0.480 e. The number of hydrogen-bond acceptors (Lipinski definition) is 3. The second kappa shape index (κ2) is 5.90. The number of rotatable bonds is 6. The van der Waals surface area contributed by atoms with Gasteiger partial charge in [0.2, 0.25) is 5.91 Å². The Labute approximate surface area is 88.4 Å². The fourth-order valence-corrected chi connectivity index (χ4v) is 1.44. The van der Waals surface area contributed by atoms with Crippen molar-refractivity contribution in [1.82, 2.24) is 5.32 Å². The van der Waals surface area contributed by atoms with E-state index in [0.29, 0.717) is 5.75 Å². The zero-order valence-corrected chi connectivity index (χ0v) is 9.61. The zero-order valence-electron chi connectivity index (χ0n) is 8.79. The van der Waals surface area contributed by atoms with E-state index >= 15 is 0 Å². The maximum absolute atomic E-state index is 11.2. The van der Waals surface area contributed by atoms with E-state index in [9.17, 15) is 9.59 Å². The van der Waals surface area contributed by atoms with Crippen molar-refractivity contribution in [1.29, 1.82) is 0 Å². The van der Waals surface area contributed by atoms with Crippen LogP contribution in [0.2, 0.25) is 0 Å². The minimum Gasteiger partial charge on any atom is -0.480 e. The smallest absolute Gasteiger partial charge is 0.328 e. The molecule has 14 heavy (non-hydrogen) atoms. The van der Waals surface area contributed by atoms with E-state index in [0.717, 1.165) is 12.2 Å². The minimum atomic E-state index is -1.18. The molecule has 0 spiro atoms. The Bertz CT molecular complexity index is 216. The van der Waals surface area contributed by atoms with E-state index in [1.165, 1.54) is 25.6 Å². The Morgan fingerprint density at radius 3 is 2.43 bits per heavy atom. The first-order chi connectivity index (χ1) is 6.40. The van der Waals surface area contributed by atoms with Gasteiger partial charge in [-0.3, -0.25) is 4.79 Å². The van der Waals surface area contributed by atoms with Crippen LogP contribution >= 0.6 is 11.8 Å². The van der Waals surface area contributed by atoms with Crippen molar-refractivity contribution in [3.8, 4) is 0 Å². The number of carboxylic acids is 1. The molecule has 0 aromatic carbocycles. The van der Waals surface area contributed by atoms with Gasteiger partial charge < -0.3 is 10.4 Å². The molecule has 0 aromatic rings. The Kier molecular flexibility index (Phi) is 5.60. The third-order valence-corrected chi connectivity index (χ3v) is 2.73. The van der Waals surface area contributed by atoms with Gasteiger partial charge in [-0.05, 0) is 26.0 Å². The van der Waals surface area contributed by atoms with Gasteiger partial charge in [0.05, 0.1) is 5.75 Å². The van der Waals surface area contributed by atoms with E-state index in [2.05, 4.69) is 5.32 Å². The summed E-state index contributed by atoms with van der Waals surface area (Å²) in [6.45, 7) is 4.97. The highest BCUT2D eigenvalue weighted by molar-refractivity contribution is 7.99. The molecule has 0 rings (SSSR count). The lowest BCUT2D eigenvalue weighted by molar-refractivity contribution is -0.145. The van der Waals surface area contributed by atoms with Gasteiger partial charge >= 0.3 is 5.97 Å². The van der Waals surface area contributed by atoms with Gasteiger partial charge in [0, 0.05) is 0 Å². The second-order valence-corrected chi connectivity index (χ2v) is 4.64. The molecule has 1 amide bonds. The number of hydrogen-bond donors (Lipinski definition) is 2. The highest BCUT2D eigenvalue weighted by atomic mass is 32.2. The quantitative estimate of drug-likeness (QED) is 0.657. The molecule has 0 fully saturated rings. The minimum absolute atomic E-state index is 0.226. The average molecular weight is 219 g/mol. The predicted molar refractivity (Wildman–Crippen MR) is 57.5 cm³/mol. The fraction of sp³-hybridized carbons (Fsp3) is 0.778. The standard InChI is InChI=1S/C9H17NO3S/c1-4-5-14-6-7(11)10-9(2,3)8(12)13/h4-6H2,1-3H3,(H,10,11)(H,12,13). The van der Waals surface area contributed by atoms with Crippen molar-refractivity contribution in [3.05, 3.63) is 0 Å². The van der Waals surface area contributed by atoms with Crippen LogP contribution in [0.15, 0.2) is 0 Å². The summed E-state index contributed by atoms with van der Waals surface area (Å²) in [6.07, 6.45) is 1.01. The molecule has 0 radical (unpaired) electrons. The Hall–Kier alpha value is -0.710. The summed E-state index contributed by atoms with van der Waals surface area (Å²) < 4.78 is 0. The summed E-state index contributed by atoms with van der Waals surface area (Å²) in [5, 5.41) is 11.2. The number of carboxylic acid groups (broad SMARTS) is 1. The lowest BCUT2D eigenvalue weighted by Crippen LogP contribution is -2.50. The maximum Gasteiger partial charge on any atom is 0.328 e. The van der Waals surface area contributed by atoms with Gasteiger partial charge in [0.25, 0.3) is 0 Å². The summed E-state index contributed by atoms with van der Waals surface area (Å²) in [4.78, 5) is 21.9. The molecule has 5 heteroatoms. The SMILES string of the molecule is CCCSCC(=O)NC(C)(C)C(=O)O. The highest BCUT2D eigenvalue weighted by Gasteiger charge is 2.28. The third-order valence-electron chi connectivity index (χ3n) is 1.57. The van der Waals surface area contributed by atoms with Gasteiger partial charge in [-0.25, -0.2) is 4.79 Å². The topological polar surface area (TPSA) is 66.4 Å². The molecular weight excluding hydrogens is 202 g/mol. The number of aliphatic carboxylic acids is 1. The van der Waals surface area contributed by atoms with Gasteiger partial charge in [-0.2, -0.15) is 11.8 Å². The highest BCUT2D eigenvalue weighted by Crippen LogP contribution is 2.05. The van der Waals surface area contributed by atoms with Crippen LogP contribution in [0.25, 0.3) is 0 Å². The van der Waals surface area contributed by atoms with Crippen LogP contribution in [-0.2, 0) is 9.59 Å². The first-order valence-electron chi connectivity index (χ1n) is 4.52. The summed E-state index contributed by atoms with van der Waals surface area (Å²) in [7, 11) is 0. The molecule has 0 saturated heterocycles. The van der Waals surface area contributed by atoms with Crippen molar-refractivity contribution in [2.24, 2.45) is 0 Å². The van der Waals surface area contributed by atoms with Gasteiger partial charge in [-0.1, -0.05) is 6.92 Å². The van der Waals surface area contributed by atoms with Crippen molar-refractivity contribution in [2.75, 3.05) is 11.5 Å². The molecule has 2 N–H and O–H groups in total. The van der Waals surface area contributed by atoms with Crippen LogP contribution in [-0.4, -0.2) is 34.0 Å². The average Bonchev–Trinajstić information content (AvgIpc) is 2.03. The summed E-state index contributed by atoms with van der Waals surface area (Å²) in [5.41, 5.74) is -1.18. The van der Waals surface area contributed by atoms with E-state index in [4.69, 9.17) is 5.11 Å². The number of carbonyl (C=O) groups is 2. The lowest BCUT2D eigenvalue weighted by atomic mass is 10.1. The zero-order chi connectivity index (χ0) is 11.2. The molecule has 0 aliphatic rings. The monoisotopic (exact) mass is 219 g/mol. The molecule has 0 aliphatic heterocycles. The molecule has 0 atom stereocenters. The van der Waals surface area contributed by atoms with Crippen LogP contribution in [0.3, 0.4) is 0 Å². The number of carbonyl (C=O) groups excluding carboxylic acids is 1. The normalized spacial score (nSPS) is 11.1. The van der Waals surface area contributed by atoms with E-state index in [1.54, 1.807) is 0 Å². The van der Waals surface area contributed by atoms with Gasteiger partial charge in [-0.15, -0.1) is 0 Å². The molecule has 0 bridgehead atoms. The summed E-state index contributed by atoms with van der Waals surface area (Å²) in [6, 6.07) is 0. The fourth-order valence-electron chi connectivity index (χ4n) is 0.747. The van der Waals surface area contributed by atoms with Crippen molar-refractivity contribution < 1.29 is 14.7 Å². The molecular formula is C9H17NO3S. The van der Waals surface area contributed by atoms with E-state index in [1.807, 2.05) is 6.92 Å². The van der Waals surface area contributed by atoms with Crippen molar-refractivity contribution in [2.45, 2.75) is 32.7 Å². The number of thioether (sulfide) groups is 1. The van der Waals surface area contributed by atoms with Crippen molar-refractivity contribution >= 4 is 23.6 Å². The Morgan fingerprint density at radius 2 is 2.00 bits per heavy atom. The van der Waals surface area contributed by atoms with E-state index < -0.39 is 11.5 Å². The van der Waals surface area contributed by atoms with Crippen LogP contribution < -0.4 is 5.32 Å². The Morgan fingerprint density at radius 1 is 1.43 bits per heavy atom. The Balaban J connectivity index is 3.88. The van der Waals surface area contributed by atoms with Crippen LogP contribution in [0.5, 0.6) is 0 Å². The molecule has 0 aliphatic carbocycles. The van der Waals surface area contributed by atoms with E-state index in [-0.39, 0.29) is 5.91 Å². The lowest BCUT2D eigenvalue weighted by Gasteiger charge is -2.20. The molecule has 4 nitrogen and oxygen atoms in total. The predicted octanol–water partition coefficient (Wildman–Crippen LogP) is 1.11. The summed E-state index contributed by atoms with van der Waals surface area (Å²) >= 11 is 1.51. The second-order valence-electron chi connectivity index (χ2n) is 3.53. The third kappa shape index (κ3) is 5.11. The first-order valence-corrected chi connectivity index (χ1v) is 5.67. The summed E-state index contributed by atoms with van der Waals surface area (Å²) in [5.74, 6) is -0.00643. The number of nitrogens with one attached hydrogen (secondary N) is 1. The van der Waals surface area contributed by atoms with Gasteiger partial charge in [0.1, 0.15) is 5.54 Å². The first kappa shape index (κ1) is 13.3. The maximum atomic E-state index is 11.2. The molecule has 0 aromatic heterocycles. The molecule has 0 unspecified atom stereocenters.